The van der Waals surface area contributed by atoms with Crippen molar-refractivity contribution in [3.05, 3.63) is 135 Å². The van der Waals surface area contributed by atoms with Crippen molar-refractivity contribution in [2.75, 3.05) is 5.90 Å². The summed E-state index contributed by atoms with van der Waals surface area (Å²) in [6, 6.07) is 44.1. The molecule has 2 aliphatic carbocycles. The average Bonchev–Trinajstić information content (AvgIpc) is 3.96. The standard InChI is InChI=1S/C25H22P2.2C5H10.CHO.2CO.BF4.2W/c1-5-13-22(14-6-1)26(23-15-7-2-8-16-23)21-27(24-17-9-3-10-18-24)25-19-11-4-12-20-25;2*1-2-4-5-3-1;3*1-2;2-1(3,4)5;;/h1-20H,21H2;2*1-5H2;2H;;;;;/q;;;-1;;;-1;;. The summed E-state index contributed by atoms with van der Waals surface area (Å²) in [5.41, 5.74) is 0. The van der Waals surface area contributed by atoms with Gasteiger partial charge in [-0.1, -0.05) is 186 Å². The van der Waals surface area contributed by atoms with Crippen molar-refractivity contribution in [2.24, 2.45) is 0 Å². The van der Waals surface area contributed by atoms with Crippen LogP contribution in [0, 0.1) is 13.3 Å². The van der Waals surface area contributed by atoms with Crippen LogP contribution in [-0.4, -0.2) is 22.9 Å². The minimum Gasteiger partial charge on any atom is -0.0622 e. The predicted octanol–water partition coefficient (Wildman–Crippen LogP) is 9.88. The Bertz CT molecular complexity index is 1240. The van der Waals surface area contributed by atoms with Crippen LogP contribution >= 0.6 is 15.8 Å². The van der Waals surface area contributed by atoms with Crippen LogP contribution in [0.2, 0.25) is 0 Å². The first-order valence-electron chi connectivity index (χ1n) is 16.0. The van der Waals surface area contributed by atoms with Gasteiger partial charge in [0.2, 0.25) is 0 Å². The molecule has 12 heteroatoms. The van der Waals surface area contributed by atoms with Crippen LogP contribution < -0.4 is 21.2 Å². The van der Waals surface area contributed by atoms with Gasteiger partial charge in [-0.05, 0) is 37.1 Å². The molecule has 0 bridgehead atoms. The molecule has 4 aromatic rings. The van der Waals surface area contributed by atoms with Gasteiger partial charge in [0.1, 0.15) is 0 Å². The summed E-state index contributed by atoms with van der Waals surface area (Å²) in [6.45, 7) is 9.00. The van der Waals surface area contributed by atoms with E-state index in [9.17, 15) is 17.3 Å². The molecule has 2 saturated carbocycles. The van der Waals surface area contributed by atoms with Gasteiger partial charge < -0.3 is 17.3 Å². The van der Waals surface area contributed by atoms with E-state index >= 15 is 0 Å². The van der Waals surface area contributed by atoms with Gasteiger partial charge in [-0.15, -0.1) is 0 Å². The molecule has 1 N–H and O–H groups in total. The van der Waals surface area contributed by atoms with Gasteiger partial charge in [0.15, 0.2) is 0 Å². The number of rotatable bonds is 6. The molecular formula is C38H43BF4O3P2W2-2. The van der Waals surface area contributed by atoms with E-state index in [0.717, 1.165) is 0 Å². The number of benzene rings is 4. The smallest absolute Gasteiger partial charge is 0.00405 e. The van der Waals surface area contributed by atoms with Gasteiger partial charge >= 0.3 is 70.3 Å². The minimum absolute atomic E-state index is 0.366. The second-order valence-corrected chi connectivity index (χ2v) is 21.6. The van der Waals surface area contributed by atoms with E-state index in [0.29, 0.717) is 0 Å². The van der Waals surface area contributed by atoms with E-state index in [1.807, 2.05) is 0 Å². The van der Waals surface area contributed by atoms with Crippen molar-refractivity contribution in [3.63, 3.8) is 0 Å². The van der Waals surface area contributed by atoms with Gasteiger partial charge in [0.25, 0.3) is 0 Å². The van der Waals surface area contributed by atoms with Gasteiger partial charge in [0.05, 0.1) is 0 Å². The summed E-state index contributed by atoms with van der Waals surface area (Å²) in [5.74, 6) is 1.17. The second kappa shape index (κ2) is 33.1. The largest absolute Gasteiger partial charge is 0.0622 e. The van der Waals surface area contributed by atoms with Gasteiger partial charge in [-0.25, -0.2) is 0 Å². The van der Waals surface area contributed by atoms with Crippen LogP contribution in [0.4, 0.5) is 17.3 Å². The summed E-state index contributed by atoms with van der Waals surface area (Å²) < 4.78 is 56.1. The van der Waals surface area contributed by atoms with Crippen LogP contribution in [0.25, 0.3) is 0 Å². The molecule has 0 amide bonds. The molecule has 0 atom stereocenters. The monoisotopic (exact) mass is 1060 g/mol. The third kappa shape index (κ3) is 25.2. The molecule has 0 aromatic heterocycles. The molecule has 2 aliphatic rings. The third-order valence-electron chi connectivity index (χ3n) is 7.09. The molecule has 0 aliphatic heterocycles. The summed E-state index contributed by atoms with van der Waals surface area (Å²) in [7, 11) is -6.82. The molecule has 0 spiro atoms. The van der Waals surface area contributed by atoms with Crippen LogP contribution in [-0.2, 0) is 40.0 Å². The number of hydrogen-bond donors (Lipinski definition) is 1. The summed E-state index contributed by atoms with van der Waals surface area (Å²) >= 11 is 1.15. The van der Waals surface area contributed by atoms with E-state index < -0.39 is 23.1 Å². The fraction of sp³-hybridized carbons (Fsp3) is 0.289. The molecule has 4 aromatic carbocycles. The molecule has 50 heavy (non-hydrogen) atoms. The van der Waals surface area contributed by atoms with Crippen LogP contribution in [0.15, 0.2) is 121 Å². The Hall–Kier alpha value is -1.79. The Morgan fingerprint density at radius 1 is 0.520 bits per heavy atom. The predicted molar refractivity (Wildman–Crippen MR) is 194 cm³/mol. The summed E-state index contributed by atoms with van der Waals surface area (Å²) in [5, 5.41) is 13.5. The van der Waals surface area contributed by atoms with Crippen molar-refractivity contribution in [2.45, 2.75) is 64.2 Å². The van der Waals surface area contributed by atoms with Gasteiger partial charge in [-0.2, -0.15) is 0 Å². The van der Waals surface area contributed by atoms with Gasteiger partial charge in [-0.3, -0.25) is 0 Å². The van der Waals surface area contributed by atoms with E-state index in [1.165, 1.54) is 108 Å². The van der Waals surface area contributed by atoms with E-state index in [-0.39, 0.29) is 14.5 Å². The minimum atomic E-state index is -6.00. The molecule has 268 valence electrons. The first kappa shape index (κ1) is 48.2. The molecule has 6 rings (SSSR count). The van der Waals surface area contributed by atoms with E-state index in [4.69, 9.17) is 14.4 Å². The van der Waals surface area contributed by atoms with Gasteiger partial charge in [0, 0.05) is 5.90 Å². The summed E-state index contributed by atoms with van der Waals surface area (Å²) in [6.07, 6.45) is 15.0. The molecule has 0 saturated heterocycles. The van der Waals surface area contributed by atoms with Crippen molar-refractivity contribution in [3.8, 4) is 0 Å². The van der Waals surface area contributed by atoms with Crippen LogP contribution in [0.3, 0.4) is 0 Å². The molecule has 2 fully saturated rings. The maximum absolute atomic E-state index is 9.75. The van der Waals surface area contributed by atoms with E-state index in [1.54, 1.807) is 0 Å². The first-order chi connectivity index (χ1) is 24.3. The fourth-order valence-electron chi connectivity index (χ4n) is 4.97. The molecule has 0 heterocycles. The molecule has 3 nitrogen and oxygen atoms in total. The SMILES string of the molecule is C1CCCC1.C1CCCC1.F[B-](F)(F)F.O[C-]=[W]=[W].[C-]#[O+].[C-]#[O+].c1ccc(P(CP(c2ccccc2)c2ccccc2)c2ccccc2)cc1. The molecular weight excluding hydrogens is 1020 g/mol. The third-order valence-corrected chi connectivity index (χ3v) is 15.5. The van der Waals surface area contributed by atoms with Crippen molar-refractivity contribution in [1.29, 1.82) is 0 Å². The Morgan fingerprint density at radius 2 is 0.680 bits per heavy atom. The quantitative estimate of drug-likeness (QED) is 0.0676. The number of halogens is 4. The Morgan fingerprint density at radius 3 is 0.820 bits per heavy atom. The topological polar surface area (TPSA) is 60.0 Å². The zero-order chi connectivity index (χ0) is 37.3. The normalized spacial score (nSPS) is 12.5. The number of aliphatic hydroxyl groups excluding tert-OH is 1. The Labute approximate surface area is 314 Å². The van der Waals surface area contributed by atoms with Crippen molar-refractivity contribution < 1.29 is 62.4 Å². The van der Waals surface area contributed by atoms with Crippen LogP contribution in [0.5, 0.6) is 0 Å². The van der Waals surface area contributed by atoms with E-state index in [2.05, 4.69) is 139 Å². The van der Waals surface area contributed by atoms with Crippen molar-refractivity contribution >= 4 is 48.9 Å². The average molecular weight is 1060 g/mol. The van der Waals surface area contributed by atoms with Crippen LogP contribution in [0.1, 0.15) is 64.2 Å². The number of hydrogen-bond acceptors (Lipinski definition) is 1. The van der Waals surface area contributed by atoms with Crippen molar-refractivity contribution in [1.82, 2.24) is 0 Å². The Kier molecular flexibility index (Phi) is 31.9. The molecule has 0 radical (unpaired) electrons. The first-order valence-corrected chi connectivity index (χ1v) is 31.6. The fourth-order valence-corrected chi connectivity index (χ4v) is 11.4. The zero-order valence-electron chi connectivity index (χ0n) is 27.9. The maximum atomic E-state index is 9.75. The zero-order valence-corrected chi connectivity index (χ0v) is 35.5. The molecule has 0 unspecified atom stereocenters. The summed E-state index contributed by atoms with van der Waals surface area (Å²) in [4.78, 5) is 0. The Balaban J connectivity index is 0.000000844. The number of aliphatic hydroxyl groups is 1. The maximum Gasteiger partial charge on any atom is 0.00405 e. The second-order valence-electron chi connectivity index (χ2n) is 10.5.